The Labute approximate surface area is 164 Å². The Morgan fingerprint density at radius 2 is 1.92 bits per heavy atom. The zero-order valence-electron chi connectivity index (χ0n) is 15.8. The van der Waals surface area contributed by atoms with E-state index in [0.29, 0.717) is 11.5 Å². The van der Waals surface area contributed by atoms with E-state index in [0.717, 1.165) is 25.5 Å². The van der Waals surface area contributed by atoms with Crippen LogP contribution in [-0.4, -0.2) is 61.4 Å². The van der Waals surface area contributed by atoms with Crippen LogP contribution in [0.3, 0.4) is 0 Å². The minimum atomic E-state index is 0. The standard InChI is InChI=1S/C18H34N4O.HI/c1-5-15(2)20-17(19-13-16(23)21(3)4)22-12-11-18(14-22)9-7-6-8-10-18;/h15H,5-14H2,1-4H3,(H,19,20);1H. The first-order valence-electron chi connectivity index (χ1n) is 9.22. The van der Waals surface area contributed by atoms with Gasteiger partial charge in [0.15, 0.2) is 5.96 Å². The molecule has 1 spiro atoms. The maximum Gasteiger partial charge on any atom is 0.243 e. The minimum absolute atomic E-state index is 0. The number of likely N-dealkylation sites (tertiary alicyclic amines) is 1. The van der Waals surface area contributed by atoms with E-state index in [1.54, 1.807) is 19.0 Å². The average molecular weight is 450 g/mol. The fourth-order valence-electron chi connectivity index (χ4n) is 3.67. The molecule has 2 aliphatic rings. The number of hydrogen-bond donors (Lipinski definition) is 1. The van der Waals surface area contributed by atoms with Crippen LogP contribution in [0.25, 0.3) is 0 Å². The summed E-state index contributed by atoms with van der Waals surface area (Å²) in [6.45, 7) is 6.75. The van der Waals surface area contributed by atoms with Gasteiger partial charge in [0, 0.05) is 33.2 Å². The SMILES string of the molecule is CCC(C)NC(=NCC(=O)N(C)C)N1CCC2(CCCCC2)C1.I. The van der Waals surface area contributed by atoms with Crippen molar-refractivity contribution < 1.29 is 4.79 Å². The molecule has 5 nitrogen and oxygen atoms in total. The molecule has 0 radical (unpaired) electrons. The van der Waals surface area contributed by atoms with Crippen LogP contribution < -0.4 is 5.32 Å². The van der Waals surface area contributed by atoms with Gasteiger partial charge >= 0.3 is 0 Å². The van der Waals surface area contributed by atoms with Crippen LogP contribution in [0.15, 0.2) is 4.99 Å². The molecule has 1 saturated carbocycles. The molecular formula is C18H35IN4O. The van der Waals surface area contributed by atoms with Gasteiger partial charge in [-0.15, -0.1) is 24.0 Å². The molecule has 0 aromatic carbocycles. The fraction of sp³-hybridized carbons (Fsp3) is 0.889. The lowest BCUT2D eigenvalue weighted by Gasteiger charge is -2.34. The van der Waals surface area contributed by atoms with E-state index in [1.165, 1.54) is 38.5 Å². The van der Waals surface area contributed by atoms with E-state index in [1.807, 2.05) is 0 Å². The molecule has 0 aromatic rings. The Bertz CT molecular complexity index is 433. The Morgan fingerprint density at radius 1 is 1.25 bits per heavy atom. The van der Waals surface area contributed by atoms with Crippen molar-refractivity contribution in [1.29, 1.82) is 0 Å². The molecule has 6 heteroatoms. The van der Waals surface area contributed by atoms with Gasteiger partial charge in [-0.1, -0.05) is 26.2 Å². The Morgan fingerprint density at radius 3 is 2.50 bits per heavy atom. The molecule has 1 amide bonds. The van der Waals surface area contributed by atoms with E-state index in [2.05, 4.69) is 29.1 Å². The number of carbonyl (C=O) groups excluding carboxylic acids is 1. The molecule has 1 atom stereocenters. The molecule has 140 valence electrons. The monoisotopic (exact) mass is 450 g/mol. The van der Waals surface area contributed by atoms with E-state index < -0.39 is 0 Å². The van der Waals surface area contributed by atoms with E-state index >= 15 is 0 Å². The third-order valence-electron chi connectivity index (χ3n) is 5.50. The van der Waals surface area contributed by atoms with Crippen molar-refractivity contribution in [3.05, 3.63) is 0 Å². The van der Waals surface area contributed by atoms with Crippen molar-refractivity contribution in [3.8, 4) is 0 Å². The summed E-state index contributed by atoms with van der Waals surface area (Å²) in [5.74, 6) is 0.983. The van der Waals surface area contributed by atoms with E-state index in [9.17, 15) is 4.79 Å². The normalized spacial score (nSPS) is 21.3. The Kier molecular flexibility index (Phi) is 8.81. The molecule has 2 rings (SSSR count). The number of aliphatic imine (C=N–C) groups is 1. The zero-order valence-corrected chi connectivity index (χ0v) is 18.1. The summed E-state index contributed by atoms with van der Waals surface area (Å²) in [5.41, 5.74) is 0.502. The predicted molar refractivity (Wildman–Crippen MR) is 111 cm³/mol. The largest absolute Gasteiger partial charge is 0.354 e. The maximum atomic E-state index is 11.9. The number of hydrogen-bond acceptors (Lipinski definition) is 2. The smallest absolute Gasteiger partial charge is 0.243 e. The second-order valence-corrected chi connectivity index (χ2v) is 7.61. The van der Waals surface area contributed by atoms with Crippen molar-refractivity contribution in [2.45, 2.75) is 64.8 Å². The highest BCUT2D eigenvalue weighted by Crippen LogP contribution is 2.43. The third-order valence-corrected chi connectivity index (χ3v) is 5.50. The summed E-state index contributed by atoms with van der Waals surface area (Å²) >= 11 is 0. The quantitative estimate of drug-likeness (QED) is 0.407. The van der Waals surface area contributed by atoms with Crippen LogP contribution in [0.2, 0.25) is 0 Å². The maximum absolute atomic E-state index is 11.9. The summed E-state index contributed by atoms with van der Waals surface area (Å²) in [6, 6.07) is 0.381. The Balaban J connectivity index is 0.00000288. The van der Waals surface area contributed by atoms with Gasteiger partial charge in [0.1, 0.15) is 6.54 Å². The van der Waals surface area contributed by atoms with Crippen molar-refractivity contribution in [2.75, 3.05) is 33.7 Å². The molecule has 2 fully saturated rings. The van der Waals surface area contributed by atoms with Gasteiger partial charge in [0.05, 0.1) is 0 Å². The first-order chi connectivity index (χ1) is 11.0. The van der Waals surface area contributed by atoms with Gasteiger partial charge in [-0.25, -0.2) is 4.99 Å². The van der Waals surface area contributed by atoms with E-state index in [-0.39, 0.29) is 36.4 Å². The van der Waals surface area contributed by atoms with Gasteiger partial charge in [0.25, 0.3) is 0 Å². The number of halogens is 1. The number of rotatable bonds is 4. The summed E-state index contributed by atoms with van der Waals surface area (Å²) in [7, 11) is 3.57. The molecule has 0 aromatic heterocycles. The van der Waals surface area contributed by atoms with Crippen LogP contribution in [0.1, 0.15) is 58.8 Å². The lowest BCUT2D eigenvalue weighted by atomic mass is 9.73. The highest BCUT2D eigenvalue weighted by Gasteiger charge is 2.39. The molecule has 24 heavy (non-hydrogen) atoms. The summed E-state index contributed by atoms with van der Waals surface area (Å²) in [4.78, 5) is 20.5. The van der Waals surface area contributed by atoms with Gasteiger partial charge in [0.2, 0.25) is 5.91 Å². The summed E-state index contributed by atoms with van der Waals surface area (Å²) in [6.07, 6.45) is 9.19. The van der Waals surface area contributed by atoms with Crippen molar-refractivity contribution in [3.63, 3.8) is 0 Å². The molecule has 1 unspecified atom stereocenters. The number of amides is 1. The summed E-state index contributed by atoms with van der Waals surface area (Å²) in [5, 5.41) is 3.53. The molecule has 0 bridgehead atoms. The van der Waals surface area contributed by atoms with Crippen LogP contribution >= 0.6 is 24.0 Å². The van der Waals surface area contributed by atoms with Crippen molar-refractivity contribution >= 4 is 35.8 Å². The molecular weight excluding hydrogens is 415 g/mol. The highest BCUT2D eigenvalue weighted by atomic mass is 127. The van der Waals surface area contributed by atoms with Crippen LogP contribution in [-0.2, 0) is 4.79 Å². The average Bonchev–Trinajstić information content (AvgIpc) is 2.94. The first-order valence-corrected chi connectivity index (χ1v) is 9.22. The topological polar surface area (TPSA) is 47.9 Å². The first kappa shape index (κ1) is 21.5. The van der Waals surface area contributed by atoms with Crippen LogP contribution in [0.4, 0.5) is 0 Å². The number of nitrogens with one attached hydrogen (secondary N) is 1. The number of carbonyl (C=O) groups is 1. The van der Waals surface area contributed by atoms with Gasteiger partial charge < -0.3 is 15.1 Å². The lowest BCUT2D eigenvalue weighted by Crippen LogP contribution is -2.45. The molecule has 1 aliphatic carbocycles. The minimum Gasteiger partial charge on any atom is -0.354 e. The molecule has 1 N–H and O–H groups in total. The second kappa shape index (κ2) is 9.82. The third kappa shape index (κ3) is 5.77. The van der Waals surface area contributed by atoms with Gasteiger partial charge in [-0.3, -0.25) is 4.79 Å². The highest BCUT2D eigenvalue weighted by molar-refractivity contribution is 14.0. The van der Waals surface area contributed by atoms with Crippen LogP contribution in [0.5, 0.6) is 0 Å². The predicted octanol–water partition coefficient (Wildman–Crippen LogP) is 3.09. The summed E-state index contributed by atoms with van der Waals surface area (Å²) < 4.78 is 0. The molecule has 1 aliphatic heterocycles. The molecule has 1 heterocycles. The van der Waals surface area contributed by atoms with Crippen molar-refractivity contribution in [1.82, 2.24) is 15.1 Å². The van der Waals surface area contributed by atoms with Gasteiger partial charge in [-0.2, -0.15) is 0 Å². The van der Waals surface area contributed by atoms with Gasteiger partial charge in [-0.05, 0) is 38.0 Å². The van der Waals surface area contributed by atoms with E-state index in [4.69, 9.17) is 0 Å². The number of guanidine groups is 1. The number of likely N-dealkylation sites (N-methyl/N-ethyl adjacent to an activating group) is 1. The van der Waals surface area contributed by atoms with Crippen LogP contribution in [0, 0.1) is 5.41 Å². The fourth-order valence-corrected chi connectivity index (χ4v) is 3.67. The Hall–Kier alpha value is -0.530. The number of nitrogens with zero attached hydrogens (tertiary/aromatic N) is 3. The van der Waals surface area contributed by atoms with Crippen molar-refractivity contribution in [2.24, 2.45) is 10.4 Å². The molecule has 1 saturated heterocycles. The lowest BCUT2D eigenvalue weighted by molar-refractivity contribution is -0.127. The zero-order chi connectivity index (χ0) is 16.9. The second-order valence-electron chi connectivity index (χ2n) is 7.61.